The van der Waals surface area contributed by atoms with Crippen LogP contribution in [0.5, 0.6) is 0 Å². The molecule has 3 rings (SSSR count). The van der Waals surface area contributed by atoms with Gasteiger partial charge in [-0.2, -0.15) is 0 Å². The number of aromatic nitrogens is 1. The van der Waals surface area contributed by atoms with E-state index in [9.17, 15) is 0 Å². The number of hydrogen-bond acceptors (Lipinski definition) is 4. The van der Waals surface area contributed by atoms with Crippen molar-refractivity contribution in [3.05, 3.63) is 45.2 Å². The van der Waals surface area contributed by atoms with E-state index >= 15 is 0 Å². The van der Waals surface area contributed by atoms with E-state index in [1.165, 1.54) is 11.1 Å². The Labute approximate surface area is 129 Å². The molecule has 0 saturated carbocycles. The number of nitrogens with two attached hydrogens (primary N) is 1. The zero-order chi connectivity index (χ0) is 14.3. The van der Waals surface area contributed by atoms with Gasteiger partial charge in [0.25, 0.3) is 0 Å². The van der Waals surface area contributed by atoms with E-state index in [-0.39, 0.29) is 0 Å². The lowest BCUT2D eigenvalue weighted by Gasteiger charge is -2.05. The van der Waals surface area contributed by atoms with Gasteiger partial charge in [-0.15, -0.1) is 11.3 Å². The van der Waals surface area contributed by atoms with Crippen LogP contribution in [-0.4, -0.2) is 5.16 Å². The van der Waals surface area contributed by atoms with Crippen molar-refractivity contribution in [2.75, 3.05) is 5.73 Å². The molecule has 0 aliphatic heterocycles. The van der Waals surface area contributed by atoms with Crippen molar-refractivity contribution in [2.24, 2.45) is 0 Å². The first-order valence-corrected chi connectivity index (χ1v) is 7.81. The summed E-state index contributed by atoms with van der Waals surface area (Å²) in [6.07, 6.45) is 0. The summed E-state index contributed by atoms with van der Waals surface area (Å²) in [6.45, 7) is 4.18. The molecule has 102 valence electrons. The van der Waals surface area contributed by atoms with Crippen LogP contribution in [0.25, 0.3) is 21.8 Å². The van der Waals surface area contributed by atoms with Crippen LogP contribution in [0.4, 0.5) is 5.82 Å². The van der Waals surface area contributed by atoms with Gasteiger partial charge in [0.2, 0.25) is 0 Å². The molecular weight excluding hydrogens is 336 g/mol. The van der Waals surface area contributed by atoms with Crippen LogP contribution in [0, 0.1) is 13.8 Å². The van der Waals surface area contributed by atoms with Crippen LogP contribution in [0.2, 0.25) is 0 Å². The van der Waals surface area contributed by atoms with Crippen LogP contribution in [-0.2, 0) is 0 Å². The van der Waals surface area contributed by atoms with E-state index in [0.717, 1.165) is 20.5 Å². The van der Waals surface area contributed by atoms with Crippen LogP contribution >= 0.6 is 27.3 Å². The molecule has 3 aromatic rings. The maximum absolute atomic E-state index is 6.00. The van der Waals surface area contributed by atoms with Crippen molar-refractivity contribution in [1.82, 2.24) is 5.16 Å². The molecule has 0 atom stereocenters. The second-order valence-corrected chi connectivity index (χ2v) is 6.44. The molecule has 0 aliphatic rings. The predicted molar refractivity (Wildman–Crippen MR) is 86.8 cm³/mol. The second-order valence-electron chi connectivity index (χ2n) is 4.67. The molecule has 0 bridgehead atoms. The summed E-state index contributed by atoms with van der Waals surface area (Å²) in [4.78, 5) is 1.00. The minimum absolute atomic E-state index is 0.420. The molecule has 2 heterocycles. The number of thiophene rings is 1. The average Bonchev–Trinajstić information content (AvgIpc) is 2.99. The summed E-state index contributed by atoms with van der Waals surface area (Å²) >= 11 is 5.12. The van der Waals surface area contributed by atoms with Gasteiger partial charge in [-0.25, -0.2) is 0 Å². The Hall–Kier alpha value is -1.59. The molecule has 2 N–H and O–H groups in total. The first-order valence-electron chi connectivity index (χ1n) is 6.14. The minimum Gasteiger partial charge on any atom is -0.380 e. The lowest BCUT2D eigenvalue weighted by Crippen LogP contribution is -1.90. The average molecular weight is 349 g/mol. The second kappa shape index (κ2) is 5.07. The first-order chi connectivity index (χ1) is 9.58. The van der Waals surface area contributed by atoms with Crippen molar-refractivity contribution in [3.8, 4) is 21.8 Å². The lowest BCUT2D eigenvalue weighted by molar-refractivity contribution is 0.437. The van der Waals surface area contributed by atoms with Crippen molar-refractivity contribution >= 4 is 33.1 Å². The topological polar surface area (TPSA) is 52.0 Å². The summed E-state index contributed by atoms with van der Waals surface area (Å²) in [5.41, 5.74) is 10.4. The number of rotatable bonds is 2. The molecule has 5 heteroatoms. The normalized spacial score (nSPS) is 10.9. The third kappa shape index (κ3) is 2.17. The zero-order valence-corrected chi connectivity index (χ0v) is 13.5. The fraction of sp³-hybridized carbons (Fsp3) is 0.133. The van der Waals surface area contributed by atoms with Crippen LogP contribution in [0.3, 0.4) is 0 Å². The molecule has 1 aromatic carbocycles. The van der Waals surface area contributed by atoms with Crippen LogP contribution < -0.4 is 5.73 Å². The maximum Gasteiger partial charge on any atom is 0.187 e. The number of anilines is 1. The Morgan fingerprint density at radius 3 is 2.65 bits per heavy atom. The summed E-state index contributed by atoms with van der Waals surface area (Å²) in [6, 6.07) is 8.24. The predicted octanol–water partition coefficient (Wildman–Crippen LogP) is 5.03. The number of aryl methyl sites for hydroxylation is 2. The van der Waals surface area contributed by atoms with E-state index in [1.54, 1.807) is 11.3 Å². The van der Waals surface area contributed by atoms with Crippen molar-refractivity contribution in [1.29, 1.82) is 0 Å². The molecule has 0 amide bonds. The van der Waals surface area contributed by atoms with E-state index in [2.05, 4.69) is 53.1 Å². The van der Waals surface area contributed by atoms with E-state index in [4.69, 9.17) is 10.3 Å². The summed E-state index contributed by atoms with van der Waals surface area (Å²) in [5.74, 6) is 1.14. The van der Waals surface area contributed by atoms with Gasteiger partial charge in [0.05, 0.1) is 10.4 Å². The number of hydrogen-bond donors (Lipinski definition) is 1. The van der Waals surface area contributed by atoms with Crippen molar-refractivity contribution < 1.29 is 4.52 Å². The number of halogens is 1. The SMILES string of the molecule is Cc1ccc(-c2c(N)noc2-c2sccc2Br)cc1C. The fourth-order valence-electron chi connectivity index (χ4n) is 2.09. The third-order valence-corrected chi connectivity index (χ3v) is 5.17. The van der Waals surface area contributed by atoms with Gasteiger partial charge in [-0.05, 0) is 57.9 Å². The maximum atomic E-state index is 6.00. The molecule has 0 saturated heterocycles. The smallest absolute Gasteiger partial charge is 0.187 e. The van der Waals surface area contributed by atoms with E-state index in [1.807, 2.05) is 11.4 Å². The van der Waals surface area contributed by atoms with Gasteiger partial charge >= 0.3 is 0 Å². The Balaban J connectivity index is 2.21. The Morgan fingerprint density at radius 1 is 1.20 bits per heavy atom. The van der Waals surface area contributed by atoms with E-state index in [0.29, 0.717) is 11.6 Å². The number of benzene rings is 1. The fourth-order valence-corrected chi connectivity index (χ4v) is 3.62. The number of nitrogens with zero attached hydrogens (tertiary/aromatic N) is 1. The van der Waals surface area contributed by atoms with Crippen molar-refractivity contribution in [3.63, 3.8) is 0 Å². The Morgan fingerprint density at radius 2 is 2.00 bits per heavy atom. The van der Waals surface area contributed by atoms with Crippen LogP contribution in [0.15, 0.2) is 38.6 Å². The molecular formula is C15H13BrN2OS. The molecule has 0 aliphatic carbocycles. The largest absolute Gasteiger partial charge is 0.380 e. The standard InChI is InChI=1S/C15H13BrN2OS/c1-8-3-4-10(7-9(8)2)12-13(19-18-15(12)17)14-11(16)5-6-20-14/h3-7H,1-2H3,(H2,17,18). The Kier molecular flexibility index (Phi) is 3.40. The van der Waals surface area contributed by atoms with Gasteiger partial charge in [0, 0.05) is 4.47 Å². The molecule has 0 spiro atoms. The monoisotopic (exact) mass is 348 g/mol. The van der Waals surface area contributed by atoms with Crippen molar-refractivity contribution in [2.45, 2.75) is 13.8 Å². The highest BCUT2D eigenvalue weighted by Crippen LogP contribution is 2.42. The molecule has 0 radical (unpaired) electrons. The molecule has 0 fully saturated rings. The molecule has 20 heavy (non-hydrogen) atoms. The summed E-state index contributed by atoms with van der Waals surface area (Å²) in [5, 5.41) is 5.93. The lowest BCUT2D eigenvalue weighted by atomic mass is 10.00. The summed E-state index contributed by atoms with van der Waals surface area (Å²) < 4.78 is 6.44. The highest BCUT2D eigenvalue weighted by atomic mass is 79.9. The molecule has 2 aromatic heterocycles. The van der Waals surface area contributed by atoms with Gasteiger partial charge in [-0.3, -0.25) is 0 Å². The van der Waals surface area contributed by atoms with Gasteiger partial charge in [-0.1, -0.05) is 23.4 Å². The highest BCUT2D eigenvalue weighted by Gasteiger charge is 2.20. The highest BCUT2D eigenvalue weighted by molar-refractivity contribution is 9.10. The minimum atomic E-state index is 0.420. The van der Waals surface area contributed by atoms with Gasteiger partial charge < -0.3 is 10.3 Å². The zero-order valence-electron chi connectivity index (χ0n) is 11.1. The van der Waals surface area contributed by atoms with Crippen LogP contribution in [0.1, 0.15) is 11.1 Å². The first kappa shape index (κ1) is 13.4. The Bertz CT molecular complexity index is 776. The third-order valence-electron chi connectivity index (χ3n) is 3.34. The van der Waals surface area contributed by atoms with E-state index < -0.39 is 0 Å². The quantitative estimate of drug-likeness (QED) is 0.706. The molecule has 3 nitrogen and oxygen atoms in total. The molecule has 0 unspecified atom stereocenters. The van der Waals surface area contributed by atoms with Gasteiger partial charge in [0.1, 0.15) is 0 Å². The van der Waals surface area contributed by atoms with Gasteiger partial charge in [0.15, 0.2) is 11.6 Å². The number of nitrogen functional groups attached to an aromatic ring is 1. The summed E-state index contributed by atoms with van der Waals surface area (Å²) in [7, 11) is 0.